The minimum atomic E-state index is -3.94. The molecular formula is C28H34N2O4S. The second-order valence-electron chi connectivity index (χ2n) is 8.76. The van der Waals surface area contributed by atoms with Crippen molar-refractivity contribution in [3.8, 4) is 5.75 Å². The van der Waals surface area contributed by atoms with Crippen LogP contribution in [0.5, 0.6) is 5.75 Å². The highest BCUT2D eigenvalue weighted by atomic mass is 32.2. The van der Waals surface area contributed by atoms with Crippen LogP contribution in [0.15, 0.2) is 71.6 Å². The van der Waals surface area contributed by atoms with Gasteiger partial charge in [0.05, 0.1) is 17.1 Å². The predicted molar refractivity (Wildman–Crippen MR) is 141 cm³/mol. The number of sulfonamides is 1. The third kappa shape index (κ3) is 7.33. The number of nitrogens with zero attached hydrogens (tertiary/aromatic N) is 1. The molecule has 1 N–H and O–H groups in total. The van der Waals surface area contributed by atoms with Crippen molar-refractivity contribution in [3.63, 3.8) is 0 Å². The summed E-state index contributed by atoms with van der Waals surface area (Å²) in [5.74, 6) is 0.333. The predicted octanol–water partition coefficient (Wildman–Crippen LogP) is 4.95. The number of aryl methyl sites for hydroxylation is 4. The molecule has 3 rings (SSSR count). The van der Waals surface area contributed by atoms with Crippen LogP contribution in [0, 0.1) is 20.8 Å². The van der Waals surface area contributed by atoms with Crippen molar-refractivity contribution < 1.29 is 17.9 Å². The molecule has 3 aromatic rings. The molecule has 0 aliphatic carbocycles. The van der Waals surface area contributed by atoms with Crippen LogP contribution in [0.1, 0.15) is 35.6 Å². The first-order valence-electron chi connectivity index (χ1n) is 11.8. The van der Waals surface area contributed by atoms with Crippen LogP contribution in [-0.4, -0.2) is 34.0 Å². The molecule has 7 heteroatoms. The standard InChI is InChI=1S/C28H34N2O4S/c1-5-6-24-9-11-26(12-10-24)34-16-15-29-28(31)20-30(25-18-22(3)17-23(4)19-25)35(32,33)27-13-7-21(2)8-14-27/h7-14,17-19H,5-6,15-16,20H2,1-4H3,(H,29,31). The van der Waals surface area contributed by atoms with Crippen molar-refractivity contribution in [1.29, 1.82) is 0 Å². The summed E-state index contributed by atoms with van der Waals surface area (Å²) in [6.45, 7) is 8.06. The molecule has 0 saturated carbocycles. The van der Waals surface area contributed by atoms with Gasteiger partial charge in [-0.2, -0.15) is 0 Å². The molecule has 6 nitrogen and oxygen atoms in total. The Labute approximate surface area is 209 Å². The number of carbonyl (C=O) groups excluding carboxylic acids is 1. The van der Waals surface area contributed by atoms with Gasteiger partial charge in [-0.15, -0.1) is 0 Å². The van der Waals surface area contributed by atoms with Gasteiger partial charge in [-0.05, 0) is 80.3 Å². The lowest BCUT2D eigenvalue weighted by Gasteiger charge is -2.25. The minimum Gasteiger partial charge on any atom is -0.492 e. The second kappa shape index (κ2) is 11.9. The third-order valence-corrected chi connectivity index (χ3v) is 7.33. The summed E-state index contributed by atoms with van der Waals surface area (Å²) in [7, 11) is -3.94. The van der Waals surface area contributed by atoms with Crippen LogP contribution < -0.4 is 14.4 Å². The normalized spacial score (nSPS) is 11.2. The Morgan fingerprint density at radius 3 is 2.11 bits per heavy atom. The van der Waals surface area contributed by atoms with E-state index in [1.165, 1.54) is 9.87 Å². The van der Waals surface area contributed by atoms with Gasteiger partial charge in [0.1, 0.15) is 18.9 Å². The van der Waals surface area contributed by atoms with Crippen LogP contribution >= 0.6 is 0 Å². The Morgan fingerprint density at radius 2 is 1.51 bits per heavy atom. The summed E-state index contributed by atoms with van der Waals surface area (Å²) in [5, 5.41) is 2.78. The van der Waals surface area contributed by atoms with Gasteiger partial charge in [-0.25, -0.2) is 8.42 Å². The highest BCUT2D eigenvalue weighted by Gasteiger charge is 2.27. The summed E-state index contributed by atoms with van der Waals surface area (Å²) in [4.78, 5) is 12.9. The Balaban J connectivity index is 1.69. The first-order chi connectivity index (χ1) is 16.7. The van der Waals surface area contributed by atoms with E-state index in [-0.39, 0.29) is 24.6 Å². The van der Waals surface area contributed by atoms with Gasteiger partial charge in [-0.3, -0.25) is 9.10 Å². The Hall–Kier alpha value is -3.32. The number of hydrogen-bond donors (Lipinski definition) is 1. The van der Waals surface area contributed by atoms with Crippen LogP contribution in [-0.2, 0) is 21.2 Å². The molecule has 0 fully saturated rings. The van der Waals surface area contributed by atoms with Gasteiger partial charge >= 0.3 is 0 Å². The quantitative estimate of drug-likeness (QED) is 0.383. The molecule has 0 radical (unpaired) electrons. The summed E-state index contributed by atoms with van der Waals surface area (Å²) in [6.07, 6.45) is 2.11. The van der Waals surface area contributed by atoms with Crippen LogP contribution in [0.2, 0.25) is 0 Å². The molecule has 186 valence electrons. The van der Waals surface area contributed by atoms with Crippen molar-refractivity contribution in [2.24, 2.45) is 0 Å². The average molecular weight is 495 g/mol. The maximum Gasteiger partial charge on any atom is 0.264 e. The fourth-order valence-corrected chi connectivity index (χ4v) is 5.24. The van der Waals surface area contributed by atoms with Crippen molar-refractivity contribution in [2.75, 3.05) is 24.0 Å². The van der Waals surface area contributed by atoms with E-state index in [1.54, 1.807) is 36.4 Å². The number of nitrogens with one attached hydrogen (secondary N) is 1. The van der Waals surface area contributed by atoms with Gasteiger partial charge in [0.25, 0.3) is 10.0 Å². The third-order valence-electron chi connectivity index (χ3n) is 5.55. The topological polar surface area (TPSA) is 75.7 Å². The van der Waals surface area contributed by atoms with Crippen molar-refractivity contribution >= 4 is 21.6 Å². The molecule has 0 aliphatic heterocycles. The van der Waals surface area contributed by atoms with E-state index in [1.807, 2.05) is 51.1 Å². The Bertz CT molecular complexity index is 1220. The number of rotatable bonds is 11. The summed E-state index contributed by atoms with van der Waals surface area (Å²) >= 11 is 0. The van der Waals surface area contributed by atoms with Crippen molar-refractivity contribution in [1.82, 2.24) is 5.32 Å². The lowest BCUT2D eigenvalue weighted by Crippen LogP contribution is -2.42. The highest BCUT2D eigenvalue weighted by molar-refractivity contribution is 7.92. The number of carbonyl (C=O) groups is 1. The molecule has 0 bridgehead atoms. The van der Waals surface area contributed by atoms with Crippen molar-refractivity contribution in [2.45, 2.75) is 45.4 Å². The second-order valence-corrected chi connectivity index (χ2v) is 10.6. The molecule has 0 heterocycles. The van der Waals surface area contributed by atoms with Gasteiger partial charge in [0.15, 0.2) is 0 Å². The average Bonchev–Trinajstić information content (AvgIpc) is 2.81. The molecule has 0 saturated heterocycles. The molecule has 0 atom stereocenters. The summed E-state index contributed by atoms with van der Waals surface area (Å²) in [6, 6.07) is 20.1. The largest absolute Gasteiger partial charge is 0.492 e. The molecule has 0 unspecified atom stereocenters. The van der Waals surface area contributed by atoms with Gasteiger partial charge in [-0.1, -0.05) is 49.2 Å². The summed E-state index contributed by atoms with van der Waals surface area (Å²) < 4.78 is 33.9. The molecule has 0 spiro atoms. The molecule has 0 aliphatic rings. The van der Waals surface area contributed by atoms with E-state index < -0.39 is 15.9 Å². The Morgan fingerprint density at radius 1 is 0.886 bits per heavy atom. The van der Waals surface area contributed by atoms with Crippen molar-refractivity contribution in [3.05, 3.63) is 89.0 Å². The van der Waals surface area contributed by atoms with Crippen LogP contribution in [0.25, 0.3) is 0 Å². The number of anilines is 1. The lowest BCUT2D eigenvalue weighted by molar-refractivity contribution is -0.119. The van der Waals surface area contributed by atoms with Gasteiger partial charge < -0.3 is 10.1 Å². The maximum absolute atomic E-state index is 13.5. The first kappa shape index (κ1) is 26.3. The zero-order chi connectivity index (χ0) is 25.4. The van der Waals surface area contributed by atoms with E-state index in [2.05, 4.69) is 12.2 Å². The van der Waals surface area contributed by atoms with E-state index in [9.17, 15) is 13.2 Å². The zero-order valence-electron chi connectivity index (χ0n) is 20.9. The number of ether oxygens (including phenoxy) is 1. The van der Waals surface area contributed by atoms with E-state index >= 15 is 0 Å². The van der Waals surface area contributed by atoms with E-state index in [0.29, 0.717) is 5.69 Å². The first-order valence-corrected chi connectivity index (χ1v) is 13.3. The van der Waals surface area contributed by atoms with Crippen LogP contribution in [0.3, 0.4) is 0 Å². The van der Waals surface area contributed by atoms with Gasteiger partial charge in [0, 0.05) is 0 Å². The number of amides is 1. The minimum absolute atomic E-state index is 0.143. The Kier molecular flexibility index (Phi) is 8.93. The van der Waals surface area contributed by atoms with Crippen LogP contribution in [0.4, 0.5) is 5.69 Å². The van der Waals surface area contributed by atoms with E-state index in [0.717, 1.165) is 35.3 Å². The highest BCUT2D eigenvalue weighted by Crippen LogP contribution is 2.26. The number of benzene rings is 3. The SMILES string of the molecule is CCCc1ccc(OCCNC(=O)CN(c2cc(C)cc(C)c2)S(=O)(=O)c2ccc(C)cc2)cc1. The molecule has 35 heavy (non-hydrogen) atoms. The number of hydrogen-bond acceptors (Lipinski definition) is 4. The fourth-order valence-electron chi connectivity index (χ4n) is 3.83. The molecule has 3 aromatic carbocycles. The fraction of sp³-hybridized carbons (Fsp3) is 0.321. The molecule has 1 amide bonds. The lowest BCUT2D eigenvalue weighted by atomic mass is 10.1. The maximum atomic E-state index is 13.5. The summed E-state index contributed by atoms with van der Waals surface area (Å²) in [5.41, 5.74) is 4.52. The molecular weight excluding hydrogens is 460 g/mol. The van der Waals surface area contributed by atoms with E-state index in [4.69, 9.17) is 4.74 Å². The smallest absolute Gasteiger partial charge is 0.264 e. The monoisotopic (exact) mass is 494 g/mol. The molecule has 0 aromatic heterocycles. The zero-order valence-corrected chi connectivity index (χ0v) is 21.7. The van der Waals surface area contributed by atoms with Gasteiger partial charge in [0.2, 0.25) is 5.91 Å².